The van der Waals surface area contributed by atoms with E-state index < -0.39 is 0 Å². The maximum absolute atomic E-state index is 12.8. The second kappa shape index (κ2) is 9.39. The molecule has 0 bridgehead atoms. The second-order valence-corrected chi connectivity index (χ2v) is 8.34. The molecule has 2 aromatic heterocycles. The van der Waals surface area contributed by atoms with Crippen molar-refractivity contribution in [2.24, 2.45) is 0 Å². The largest absolute Gasteiger partial charge is 0.383 e. The summed E-state index contributed by atoms with van der Waals surface area (Å²) in [5.74, 6) is 1.19. The number of nitrogens with two attached hydrogens (primary N) is 1. The van der Waals surface area contributed by atoms with E-state index >= 15 is 0 Å². The molecule has 32 heavy (non-hydrogen) atoms. The predicted octanol–water partition coefficient (Wildman–Crippen LogP) is 4.47. The topological polar surface area (TPSA) is 110 Å². The fourth-order valence-electron chi connectivity index (χ4n) is 3.44. The minimum atomic E-state index is -0.236. The van der Waals surface area contributed by atoms with Crippen molar-refractivity contribution in [1.82, 2.24) is 19.5 Å². The summed E-state index contributed by atoms with van der Waals surface area (Å²) in [4.78, 5) is 26.6. The summed E-state index contributed by atoms with van der Waals surface area (Å²) in [6.45, 7) is 1.93. The summed E-state index contributed by atoms with van der Waals surface area (Å²) in [5, 5.41) is 10.8. The molecule has 0 fully saturated rings. The van der Waals surface area contributed by atoms with Crippen molar-refractivity contribution in [3.63, 3.8) is 0 Å². The maximum Gasteiger partial charge on any atom is 0.262 e. The molecule has 0 aliphatic rings. The van der Waals surface area contributed by atoms with E-state index in [1.54, 1.807) is 30.3 Å². The van der Waals surface area contributed by atoms with Gasteiger partial charge in [0.2, 0.25) is 0 Å². The molecule has 4 rings (SSSR count). The first-order chi connectivity index (χ1) is 15.5. The molecular weight excluding hydrogens is 444 g/mol. The Morgan fingerprint density at radius 1 is 1.12 bits per heavy atom. The number of hydrogen-bond acceptors (Lipinski definition) is 7. The van der Waals surface area contributed by atoms with E-state index in [-0.39, 0.29) is 12.1 Å². The van der Waals surface area contributed by atoms with Crippen LogP contribution in [0.3, 0.4) is 0 Å². The molecule has 0 atom stereocenters. The van der Waals surface area contributed by atoms with E-state index in [2.05, 4.69) is 15.0 Å². The Hall–Kier alpha value is -3.41. The third-order valence-electron chi connectivity index (χ3n) is 4.96. The standard InChI is InChI=1S/C23H19ClN6OS/c1-2-17-20(14-7-9-15(24)10-8-14)21(26)29-23(28-17)32-13-19-27-18-6-4-3-5-16(18)22(31)30(19)12-11-25/h3-10H,2,12-13H2,1H3,(H2,26,28,29). The van der Waals surface area contributed by atoms with Crippen LogP contribution in [0.25, 0.3) is 22.0 Å². The van der Waals surface area contributed by atoms with Gasteiger partial charge in [0.25, 0.3) is 5.56 Å². The number of para-hydroxylation sites is 1. The molecule has 0 amide bonds. The zero-order chi connectivity index (χ0) is 22.7. The SMILES string of the molecule is CCc1nc(SCc2nc3ccccc3c(=O)n2CC#N)nc(N)c1-c1ccc(Cl)cc1. The molecule has 160 valence electrons. The molecule has 2 N–H and O–H groups in total. The number of rotatable bonds is 6. The van der Waals surface area contributed by atoms with Crippen molar-refractivity contribution in [3.05, 3.63) is 75.4 Å². The molecular formula is C23H19ClN6OS. The number of nitrogens with zero attached hydrogens (tertiary/aromatic N) is 5. The average molecular weight is 463 g/mol. The van der Waals surface area contributed by atoms with Crippen LogP contribution >= 0.6 is 23.4 Å². The van der Waals surface area contributed by atoms with Gasteiger partial charge in [-0.3, -0.25) is 9.36 Å². The van der Waals surface area contributed by atoms with Gasteiger partial charge in [0.05, 0.1) is 28.4 Å². The zero-order valence-corrected chi connectivity index (χ0v) is 18.8. The fourth-order valence-corrected chi connectivity index (χ4v) is 4.38. The number of anilines is 1. The van der Waals surface area contributed by atoms with Crippen LogP contribution < -0.4 is 11.3 Å². The number of aromatic nitrogens is 4. The molecule has 2 heterocycles. The first kappa shape index (κ1) is 21.8. The molecule has 0 aliphatic heterocycles. The van der Waals surface area contributed by atoms with Crippen molar-refractivity contribution in [2.75, 3.05) is 5.73 Å². The number of thioether (sulfide) groups is 1. The smallest absolute Gasteiger partial charge is 0.262 e. The minimum absolute atomic E-state index is 0.0781. The Kier molecular flexibility index (Phi) is 6.40. The van der Waals surface area contributed by atoms with Crippen molar-refractivity contribution in [3.8, 4) is 17.2 Å². The lowest BCUT2D eigenvalue weighted by atomic mass is 10.0. The van der Waals surface area contributed by atoms with E-state index in [0.29, 0.717) is 44.9 Å². The van der Waals surface area contributed by atoms with E-state index in [0.717, 1.165) is 16.8 Å². The molecule has 0 radical (unpaired) electrons. The number of hydrogen-bond donors (Lipinski definition) is 1. The molecule has 0 aliphatic carbocycles. The highest BCUT2D eigenvalue weighted by atomic mass is 35.5. The molecule has 2 aromatic carbocycles. The maximum atomic E-state index is 12.8. The normalized spacial score (nSPS) is 10.9. The summed E-state index contributed by atoms with van der Waals surface area (Å²) in [7, 11) is 0. The Bertz CT molecular complexity index is 1400. The lowest BCUT2D eigenvalue weighted by Gasteiger charge is -2.13. The Morgan fingerprint density at radius 3 is 2.59 bits per heavy atom. The first-order valence-electron chi connectivity index (χ1n) is 9.92. The van der Waals surface area contributed by atoms with Gasteiger partial charge in [-0.25, -0.2) is 15.0 Å². The quantitative estimate of drug-likeness (QED) is 0.332. The number of benzene rings is 2. The van der Waals surface area contributed by atoms with Gasteiger partial charge in [0.15, 0.2) is 5.16 Å². The predicted molar refractivity (Wildman–Crippen MR) is 127 cm³/mol. The van der Waals surface area contributed by atoms with Crippen LogP contribution in [-0.4, -0.2) is 19.5 Å². The van der Waals surface area contributed by atoms with Gasteiger partial charge >= 0.3 is 0 Å². The van der Waals surface area contributed by atoms with Crippen LogP contribution in [0.1, 0.15) is 18.4 Å². The summed E-state index contributed by atoms with van der Waals surface area (Å²) < 4.78 is 1.39. The lowest BCUT2D eigenvalue weighted by molar-refractivity contribution is 0.729. The number of halogens is 1. The van der Waals surface area contributed by atoms with Gasteiger partial charge in [-0.1, -0.05) is 54.6 Å². The van der Waals surface area contributed by atoms with Gasteiger partial charge in [-0.2, -0.15) is 5.26 Å². The number of fused-ring (bicyclic) bond motifs is 1. The highest BCUT2D eigenvalue weighted by molar-refractivity contribution is 7.98. The third-order valence-corrected chi connectivity index (χ3v) is 6.05. The van der Waals surface area contributed by atoms with Crippen LogP contribution in [-0.2, 0) is 18.7 Å². The molecule has 0 unspecified atom stereocenters. The summed E-state index contributed by atoms with van der Waals surface area (Å²) in [6, 6.07) is 16.5. The van der Waals surface area contributed by atoms with Crippen molar-refractivity contribution < 1.29 is 0 Å². The third kappa shape index (κ3) is 4.31. The van der Waals surface area contributed by atoms with E-state index in [4.69, 9.17) is 17.3 Å². The van der Waals surface area contributed by atoms with E-state index in [1.165, 1.54) is 16.3 Å². The van der Waals surface area contributed by atoms with Gasteiger partial charge < -0.3 is 5.73 Å². The lowest BCUT2D eigenvalue weighted by Crippen LogP contribution is -2.24. The molecule has 0 saturated carbocycles. The van der Waals surface area contributed by atoms with Crippen LogP contribution in [0.5, 0.6) is 0 Å². The van der Waals surface area contributed by atoms with Gasteiger partial charge in [0.1, 0.15) is 18.2 Å². The van der Waals surface area contributed by atoms with E-state index in [9.17, 15) is 10.1 Å². The highest BCUT2D eigenvalue weighted by Gasteiger charge is 2.16. The molecule has 9 heteroatoms. The molecule has 4 aromatic rings. The summed E-state index contributed by atoms with van der Waals surface area (Å²) in [6.07, 6.45) is 0.672. The molecule has 0 spiro atoms. The minimum Gasteiger partial charge on any atom is -0.383 e. The number of nitriles is 1. The van der Waals surface area contributed by atoms with Gasteiger partial charge in [0, 0.05) is 10.6 Å². The Labute approximate surface area is 193 Å². The van der Waals surface area contributed by atoms with E-state index in [1.807, 2.05) is 31.2 Å². The van der Waals surface area contributed by atoms with Crippen LogP contribution in [0.4, 0.5) is 5.82 Å². The Balaban J connectivity index is 1.69. The van der Waals surface area contributed by atoms with Gasteiger partial charge in [-0.15, -0.1) is 0 Å². The van der Waals surface area contributed by atoms with Crippen LogP contribution in [0.2, 0.25) is 5.02 Å². The number of nitrogen functional groups attached to an aromatic ring is 1. The van der Waals surface area contributed by atoms with Crippen LogP contribution in [0.15, 0.2) is 58.5 Å². The second-order valence-electron chi connectivity index (χ2n) is 6.96. The van der Waals surface area contributed by atoms with Crippen molar-refractivity contribution in [1.29, 1.82) is 5.26 Å². The van der Waals surface area contributed by atoms with Crippen molar-refractivity contribution in [2.45, 2.75) is 30.8 Å². The Morgan fingerprint density at radius 2 is 1.88 bits per heavy atom. The summed E-state index contributed by atoms with van der Waals surface area (Å²) in [5.41, 5.74) is 9.17. The monoisotopic (exact) mass is 462 g/mol. The number of aryl methyl sites for hydroxylation is 1. The zero-order valence-electron chi connectivity index (χ0n) is 17.2. The summed E-state index contributed by atoms with van der Waals surface area (Å²) >= 11 is 7.33. The van der Waals surface area contributed by atoms with Gasteiger partial charge in [-0.05, 0) is 36.2 Å². The molecule has 0 saturated heterocycles. The fraction of sp³-hybridized carbons (Fsp3) is 0.174. The van der Waals surface area contributed by atoms with Crippen molar-refractivity contribution >= 4 is 40.1 Å². The van der Waals surface area contributed by atoms with Crippen LogP contribution in [0, 0.1) is 11.3 Å². The average Bonchev–Trinajstić information content (AvgIpc) is 2.80. The highest BCUT2D eigenvalue weighted by Crippen LogP contribution is 2.31. The first-order valence-corrected chi connectivity index (χ1v) is 11.3. The molecule has 7 nitrogen and oxygen atoms in total.